The van der Waals surface area contributed by atoms with Crippen LogP contribution in [0.1, 0.15) is 27.2 Å². The molecule has 1 rings (SSSR count). The summed E-state index contributed by atoms with van der Waals surface area (Å²) in [4.78, 5) is 12.6. The van der Waals surface area contributed by atoms with Crippen molar-refractivity contribution in [1.29, 1.82) is 5.26 Å². The van der Waals surface area contributed by atoms with Crippen LogP contribution in [-0.4, -0.2) is 40.9 Å². The van der Waals surface area contributed by atoms with Crippen LogP contribution >= 0.6 is 0 Å². The van der Waals surface area contributed by atoms with E-state index < -0.39 is 11.6 Å². The Morgan fingerprint density at radius 1 is 1.56 bits per heavy atom. The second-order valence-corrected chi connectivity index (χ2v) is 4.99. The Morgan fingerprint density at radius 2 is 2.19 bits per heavy atom. The molecule has 0 aromatic heterocycles. The van der Waals surface area contributed by atoms with Crippen molar-refractivity contribution < 1.29 is 14.6 Å². The molecular weight excluding hydrogens is 208 g/mol. The summed E-state index contributed by atoms with van der Waals surface area (Å²) in [5.41, 5.74) is -0.522. The molecule has 2 unspecified atom stereocenters. The molecule has 0 spiro atoms. The zero-order valence-electron chi connectivity index (χ0n) is 9.93. The van der Waals surface area contributed by atoms with E-state index in [0.717, 1.165) is 0 Å². The fourth-order valence-electron chi connectivity index (χ4n) is 2.05. The van der Waals surface area contributed by atoms with E-state index in [4.69, 9.17) is 10.00 Å². The minimum atomic E-state index is -0.997. The van der Waals surface area contributed by atoms with Crippen LogP contribution in [0.4, 0.5) is 4.79 Å². The van der Waals surface area contributed by atoms with E-state index in [9.17, 15) is 9.90 Å². The highest BCUT2D eigenvalue weighted by Crippen LogP contribution is 2.26. The third kappa shape index (κ3) is 2.64. The minimum Gasteiger partial charge on any atom is -0.465 e. The Hall–Kier alpha value is -1.28. The highest BCUT2D eigenvalue weighted by atomic mass is 16.5. The van der Waals surface area contributed by atoms with Gasteiger partial charge >= 0.3 is 6.09 Å². The molecule has 2 atom stereocenters. The number of ether oxygens (including phenoxy) is 1. The van der Waals surface area contributed by atoms with Gasteiger partial charge in [0.25, 0.3) is 0 Å². The van der Waals surface area contributed by atoms with E-state index in [2.05, 4.69) is 6.07 Å². The quantitative estimate of drug-likeness (QED) is 0.738. The molecule has 16 heavy (non-hydrogen) atoms. The lowest BCUT2D eigenvalue weighted by molar-refractivity contribution is -0.0264. The van der Waals surface area contributed by atoms with E-state index in [0.29, 0.717) is 19.6 Å². The number of nitrogens with zero attached hydrogens (tertiary/aromatic N) is 2. The Bertz CT molecular complexity index is 303. The molecule has 1 N–H and O–H groups in total. The van der Waals surface area contributed by atoms with Crippen molar-refractivity contribution in [2.75, 3.05) is 13.2 Å². The first kappa shape index (κ1) is 12.8. The fourth-order valence-corrected chi connectivity index (χ4v) is 2.05. The lowest BCUT2D eigenvalue weighted by atomic mass is 9.91. The molecule has 1 aliphatic heterocycles. The Kier molecular flexibility index (Phi) is 3.76. The third-order valence-corrected chi connectivity index (χ3v) is 2.75. The molecule has 0 saturated carbocycles. The summed E-state index contributed by atoms with van der Waals surface area (Å²) in [6, 6.07) is 1.81. The van der Waals surface area contributed by atoms with Crippen LogP contribution in [0.2, 0.25) is 0 Å². The summed E-state index contributed by atoms with van der Waals surface area (Å²) in [6.45, 7) is 6.31. The smallest absolute Gasteiger partial charge is 0.408 e. The Labute approximate surface area is 95.6 Å². The van der Waals surface area contributed by atoms with Gasteiger partial charge in [-0.15, -0.1) is 0 Å². The largest absolute Gasteiger partial charge is 0.465 e. The molecule has 0 aromatic rings. The maximum Gasteiger partial charge on any atom is 0.408 e. The zero-order chi connectivity index (χ0) is 12.3. The SMILES string of the molecule is CC(C)(C)N(C(=O)O)C1COCCC1C#N. The molecule has 5 heteroatoms. The number of hydrogen-bond donors (Lipinski definition) is 1. The van der Waals surface area contributed by atoms with Crippen molar-refractivity contribution in [2.45, 2.75) is 38.8 Å². The maximum absolute atomic E-state index is 11.3. The first-order valence-corrected chi connectivity index (χ1v) is 5.37. The van der Waals surface area contributed by atoms with Gasteiger partial charge in [0.2, 0.25) is 0 Å². The van der Waals surface area contributed by atoms with E-state index in [1.54, 1.807) is 0 Å². The van der Waals surface area contributed by atoms with Gasteiger partial charge in [-0.25, -0.2) is 4.79 Å². The highest BCUT2D eigenvalue weighted by Gasteiger charge is 2.39. The highest BCUT2D eigenvalue weighted by molar-refractivity contribution is 5.66. The second-order valence-electron chi connectivity index (χ2n) is 4.99. The summed E-state index contributed by atoms with van der Waals surface area (Å²) in [5, 5.41) is 18.3. The molecule has 1 heterocycles. The van der Waals surface area contributed by atoms with Crippen LogP contribution in [0.25, 0.3) is 0 Å². The van der Waals surface area contributed by atoms with Crippen molar-refractivity contribution >= 4 is 6.09 Å². The van der Waals surface area contributed by atoms with Crippen molar-refractivity contribution in [3.8, 4) is 6.07 Å². The topological polar surface area (TPSA) is 73.6 Å². The summed E-state index contributed by atoms with van der Waals surface area (Å²) in [5.74, 6) is -0.274. The van der Waals surface area contributed by atoms with Gasteiger partial charge < -0.3 is 9.84 Å². The summed E-state index contributed by atoms with van der Waals surface area (Å²) in [6.07, 6.45) is -0.399. The fraction of sp³-hybridized carbons (Fsp3) is 0.818. The van der Waals surface area contributed by atoms with Crippen LogP contribution in [0, 0.1) is 17.2 Å². The number of amides is 1. The predicted octanol–water partition coefficient (Wildman–Crippen LogP) is 1.69. The number of rotatable bonds is 1. The van der Waals surface area contributed by atoms with E-state index in [1.807, 2.05) is 20.8 Å². The van der Waals surface area contributed by atoms with Gasteiger partial charge in [0.1, 0.15) is 0 Å². The van der Waals surface area contributed by atoms with Crippen molar-refractivity contribution in [3.05, 3.63) is 0 Å². The molecule has 1 aliphatic rings. The molecule has 0 bridgehead atoms. The van der Waals surface area contributed by atoms with Crippen molar-refractivity contribution in [2.24, 2.45) is 5.92 Å². The van der Waals surface area contributed by atoms with Gasteiger partial charge in [0.15, 0.2) is 0 Å². The maximum atomic E-state index is 11.3. The van der Waals surface area contributed by atoms with E-state index >= 15 is 0 Å². The monoisotopic (exact) mass is 226 g/mol. The van der Waals surface area contributed by atoms with Gasteiger partial charge in [-0.2, -0.15) is 5.26 Å². The van der Waals surface area contributed by atoms with Gasteiger partial charge in [0, 0.05) is 12.1 Å². The summed E-state index contributed by atoms with van der Waals surface area (Å²) in [7, 11) is 0. The second kappa shape index (κ2) is 4.71. The number of nitriles is 1. The first-order chi connectivity index (χ1) is 7.38. The van der Waals surface area contributed by atoms with Crippen LogP contribution in [0.3, 0.4) is 0 Å². The zero-order valence-corrected chi connectivity index (χ0v) is 9.93. The van der Waals surface area contributed by atoms with Crippen LogP contribution in [0.5, 0.6) is 0 Å². The lowest BCUT2D eigenvalue weighted by Crippen LogP contribution is -2.56. The molecule has 1 amide bonds. The summed E-state index contributed by atoms with van der Waals surface area (Å²) >= 11 is 0. The number of carbonyl (C=O) groups is 1. The Balaban J connectivity index is 2.93. The van der Waals surface area contributed by atoms with Gasteiger partial charge in [-0.05, 0) is 27.2 Å². The third-order valence-electron chi connectivity index (χ3n) is 2.75. The molecule has 0 aromatic carbocycles. The van der Waals surface area contributed by atoms with E-state index in [1.165, 1.54) is 4.90 Å². The van der Waals surface area contributed by atoms with Crippen LogP contribution in [-0.2, 0) is 4.74 Å². The molecule has 90 valence electrons. The molecule has 5 nitrogen and oxygen atoms in total. The molecular formula is C11H18N2O3. The van der Waals surface area contributed by atoms with Crippen molar-refractivity contribution in [3.63, 3.8) is 0 Å². The van der Waals surface area contributed by atoms with E-state index in [-0.39, 0.29) is 12.0 Å². The molecule has 1 fully saturated rings. The molecule has 1 saturated heterocycles. The van der Waals surface area contributed by atoms with Gasteiger partial charge in [-0.1, -0.05) is 0 Å². The normalized spacial score (nSPS) is 25.9. The Morgan fingerprint density at radius 3 is 2.62 bits per heavy atom. The average Bonchev–Trinajstić information content (AvgIpc) is 2.15. The van der Waals surface area contributed by atoms with Crippen LogP contribution < -0.4 is 0 Å². The summed E-state index contributed by atoms with van der Waals surface area (Å²) < 4.78 is 5.28. The first-order valence-electron chi connectivity index (χ1n) is 5.37. The standard InChI is InChI=1S/C11H18N2O3/c1-11(2,3)13(10(14)15)9-7-16-5-4-8(9)6-12/h8-9H,4-5,7H2,1-3H3,(H,14,15). The van der Waals surface area contributed by atoms with Crippen molar-refractivity contribution in [1.82, 2.24) is 4.90 Å². The average molecular weight is 226 g/mol. The molecule has 0 aliphatic carbocycles. The number of carboxylic acid groups (broad SMARTS) is 1. The minimum absolute atomic E-state index is 0.274. The predicted molar refractivity (Wildman–Crippen MR) is 57.9 cm³/mol. The molecule has 0 radical (unpaired) electrons. The van der Waals surface area contributed by atoms with Gasteiger partial charge in [-0.3, -0.25) is 4.90 Å². The van der Waals surface area contributed by atoms with Crippen LogP contribution in [0.15, 0.2) is 0 Å². The van der Waals surface area contributed by atoms with Gasteiger partial charge in [0.05, 0.1) is 24.6 Å². The lowest BCUT2D eigenvalue weighted by Gasteiger charge is -2.42. The number of hydrogen-bond acceptors (Lipinski definition) is 3.